The Kier molecular flexibility index (Phi) is 6.20. The maximum Gasteiger partial charge on any atom is 0.416 e. The number of alkyl halides is 3. The topological polar surface area (TPSA) is 95.1 Å². The van der Waals surface area contributed by atoms with Crippen molar-refractivity contribution in [2.75, 3.05) is 18.3 Å². The van der Waals surface area contributed by atoms with E-state index in [-0.39, 0.29) is 5.69 Å². The monoisotopic (exact) mass is 437 g/mol. The highest BCUT2D eigenvalue weighted by molar-refractivity contribution is 8.00. The van der Waals surface area contributed by atoms with E-state index in [2.05, 4.69) is 15.5 Å². The molecule has 2 aromatic carbocycles. The lowest BCUT2D eigenvalue weighted by Gasteiger charge is -2.13. The number of nitrogen functional groups attached to an aromatic ring is 1. The molecule has 3 aromatic rings. The number of nitrogens with one attached hydrogen (secondary N) is 1. The molecule has 0 aliphatic rings. The van der Waals surface area contributed by atoms with Crippen LogP contribution in [0.2, 0.25) is 0 Å². The lowest BCUT2D eigenvalue weighted by Crippen LogP contribution is -2.23. The standard InChI is InChI=1S/C19H18F3N5O2S/c1-11(17(28)24-13-9-7-12(8-10-13)19(20,21)22)30-18-26-25-16(27(18)23)14-5-3-4-6-15(14)29-2/h3-11H,23H2,1-2H3,(H,24,28). The first kappa shape index (κ1) is 21.5. The number of ether oxygens (including phenoxy) is 1. The average molecular weight is 437 g/mol. The van der Waals surface area contributed by atoms with Crippen molar-refractivity contribution in [2.24, 2.45) is 0 Å². The van der Waals surface area contributed by atoms with Crippen LogP contribution in [-0.2, 0) is 11.0 Å². The van der Waals surface area contributed by atoms with E-state index < -0.39 is 22.9 Å². The zero-order valence-electron chi connectivity index (χ0n) is 16.0. The number of aromatic nitrogens is 3. The molecule has 0 aliphatic heterocycles. The van der Waals surface area contributed by atoms with Gasteiger partial charge in [0.15, 0.2) is 5.82 Å². The minimum atomic E-state index is -4.43. The molecule has 0 spiro atoms. The zero-order valence-corrected chi connectivity index (χ0v) is 16.8. The number of carbonyl (C=O) groups excluding carboxylic acids is 1. The second kappa shape index (κ2) is 8.66. The summed E-state index contributed by atoms with van der Waals surface area (Å²) in [5.74, 6) is 6.62. The molecule has 158 valence electrons. The molecule has 11 heteroatoms. The van der Waals surface area contributed by atoms with Gasteiger partial charge >= 0.3 is 6.18 Å². The second-order valence-electron chi connectivity index (χ2n) is 6.20. The summed E-state index contributed by atoms with van der Waals surface area (Å²) in [6.07, 6.45) is -4.43. The Morgan fingerprint density at radius 1 is 1.17 bits per heavy atom. The first-order valence-electron chi connectivity index (χ1n) is 8.69. The number of benzene rings is 2. The normalized spacial score (nSPS) is 12.4. The number of para-hydroxylation sites is 1. The smallest absolute Gasteiger partial charge is 0.416 e. The first-order valence-corrected chi connectivity index (χ1v) is 9.57. The SMILES string of the molecule is COc1ccccc1-c1nnc(SC(C)C(=O)Nc2ccc(C(F)(F)F)cc2)n1N. The maximum atomic E-state index is 12.6. The van der Waals surface area contributed by atoms with Crippen molar-refractivity contribution < 1.29 is 22.7 Å². The van der Waals surface area contributed by atoms with Gasteiger partial charge in [-0.2, -0.15) is 13.2 Å². The van der Waals surface area contributed by atoms with Gasteiger partial charge in [0.25, 0.3) is 0 Å². The van der Waals surface area contributed by atoms with E-state index in [1.807, 2.05) is 6.07 Å². The predicted octanol–water partition coefficient (Wildman–Crippen LogP) is 3.81. The van der Waals surface area contributed by atoms with Crippen LogP contribution in [0.4, 0.5) is 18.9 Å². The van der Waals surface area contributed by atoms with Crippen molar-refractivity contribution in [1.29, 1.82) is 0 Å². The molecule has 1 heterocycles. The number of carbonyl (C=O) groups is 1. The summed E-state index contributed by atoms with van der Waals surface area (Å²) in [5, 5.41) is 10.3. The molecule has 3 N–H and O–H groups in total. The fraction of sp³-hybridized carbons (Fsp3) is 0.211. The largest absolute Gasteiger partial charge is 0.496 e. The molecule has 7 nitrogen and oxygen atoms in total. The third kappa shape index (κ3) is 4.67. The third-order valence-corrected chi connectivity index (χ3v) is 5.20. The van der Waals surface area contributed by atoms with E-state index in [9.17, 15) is 18.0 Å². The molecular weight excluding hydrogens is 419 g/mol. The van der Waals surface area contributed by atoms with Crippen molar-refractivity contribution in [1.82, 2.24) is 14.9 Å². The van der Waals surface area contributed by atoms with Crippen molar-refractivity contribution in [3.63, 3.8) is 0 Å². The van der Waals surface area contributed by atoms with Gasteiger partial charge < -0.3 is 15.9 Å². The Balaban J connectivity index is 1.69. The van der Waals surface area contributed by atoms with E-state index in [0.717, 1.165) is 23.9 Å². The Bertz CT molecular complexity index is 1040. The molecule has 0 saturated carbocycles. The number of hydrogen-bond acceptors (Lipinski definition) is 6. The molecule has 0 fully saturated rings. The van der Waals surface area contributed by atoms with Gasteiger partial charge in [-0.3, -0.25) is 4.79 Å². The number of nitrogens with two attached hydrogens (primary N) is 1. The molecule has 3 rings (SSSR count). The highest BCUT2D eigenvalue weighted by Crippen LogP contribution is 2.31. The molecule has 30 heavy (non-hydrogen) atoms. The summed E-state index contributed by atoms with van der Waals surface area (Å²) in [6, 6.07) is 11.4. The highest BCUT2D eigenvalue weighted by Gasteiger charge is 2.30. The lowest BCUT2D eigenvalue weighted by molar-refractivity contribution is -0.137. The minimum Gasteiger partial charge on any atom is -0.496 e. The van der Waals surface area contributed by atoms with Gasteiger partial charge in [-0.25, -0.2) is 4.68 Å². The summed E-state index contributed by atoms with van der Waals surface area (Å²) in [4.78, 5) is 12.4. The first-order chi connectivity index (χ1) is 14.2. The second-order valence-corrected chi connectivity index (χ2v) is 7.51. The number of methoxy groups -OCH3 is 1. The number of thioether (sulfide) groups is 1. The summed E-state index contributed by atoms with van der Waals surface area (Å²) in [7, 11) is 1.53. The van der Waals surface area contributed by atoms with E-state index in [1.165, 1.54) is 23.9 Å². The number of rotatable bonds is 6. The fourth-order valence-electron chi connectivity index (χ4n) is 2.57. The van der Waals surface area contributed by atoms with Crippen LogP contribution < -0.4 is 15.9 Å². The molecule has 1 atom stereocenters. The van der Waals surface area contributed by atoms with Crippen LogP contribution in [0.25, 0.3) is 11.4 Å². The van der Waals surface area contributed by atoms with Crippen LogP contribution >= 0.6 is 11.8 Å². The number of nitrogens with zero attached hydrogens (tertiary/aromatic N) is 3. The van der Waals surface area contributed by atoms with E-state index in [0.29, 0.717) is 22.3 Å². The molecule has 1 amide bonds. The van der Waals surface area contributed by atoms with Gasteiger partial charge in [0.2, 0.25) is 11.1 Å². The van der Waals surface area contributed by atoms with Gasteiger partial charge in [0.05, 0.1) is 23.5 Å². The van der Waals surface area contributed by atoms with Gasteiger partial charge in [-0.05, 0) is 43.3 Å². The summed E-state index contributed by atoms with van der Waals surface area (Å²) in [6.45, 7) is 1.63. The van der Waals surface area contributed by atoms with Crippen molar-refractivity contribution >= 4 is 23.4 Å². The third-order valence-electron chi connectivity index (χ3n) is 4.14. The van der Waals surface area contributed by atoms with Crippen molar-refractivity contribution in [3.8, 4) is 17.1 Å². The molecule has 0 radical (unpaired) electrons. The lowest BCUT2D eigenvalue weighted by atomic mass is 10.2. The summed E-state index contributed by atoms with van der Waals surface area (Å²) < 4.78 is 44.5. The maximum absolute atomic E-state index is 12.6. The fourth-order valence-corrected chi connectivity index (χ4v) is 3.34. The average Bonchev–Trinajstić information content (AvgIpc) is 3.07. The van der Waals surface area contributed by atoms with Gasteiger partial charge in [-0.1, -0.05) is 23.9 Å². The van der Waals surface area contributed by atoms with Gasteiger partial charge in [0.1, 0.15) is 5.75 Å². The van der Waals surface area contributed by atoms with Gasteiger partial charge in [-0.15, -0.1) is 10.2 Å². The zero-order chi connectivity index (χ0) is 21.9. The number of hydrogen-bond donors (Lipinski definition) is 2. The van der Waals surface area contributed by atoms with Gasteiger partial charge in [0, 0.05) is 5.69 Å². The Labute approximate surface area is 174 Å². The molecule has 1 aromatic heterocycles. The minimum absolute atomic E-state index is 0.254. The quantitative estimate of drug-likeness (QED) is 0.450. The van der Waals surface area contributed by atoms with E-state index in [4.69, 9.17) is 10.6 Å². The molecule has 0 aliphatic carbocycles. The van der Waals surface area contributed by atoms with Crippen molar-refractivity contribution in [2.45, 2.75) is 23.5 Å². The summed E-state index contributed by atoms with van der Waals surface area (Å²) >= 11 is 1.07. The molecule has 0 bridgehead atoms. The Morgan fingerprint density at radius 3 is 2.47 bits per heavy atom. The number of halogens is 3. The Hall–Kier alpha value is -3.21. The highest BCUT2D eigenvalue weighted by atomic mass is 32.2. The van der Waals surface area contributed by atoms with Crippen LogP contribution in [0.5, 0.6) is 5.75 Å². The van der Waals surface area contributed by atoms with Crippen LogP contribution in [0.15, 0.2) is 53.7 Å². The number of amides is 1. The molecule has 1 unspecified atom stereocenters. The number of anilines is 1. The molecular formula is C19H18F3N5O2S. The molecule has 0 saturated heterocycles. The van der Waals surface area contributed by atoms with Crippen LogP contribution in [-0.4, -0.2) is 33.1 Å². The summed E-state index contributed by atoms with van der Waals surface area (Å²) in [5.41, 5.74) is 0.108. The van der Waals surface area contributed by atoms with E-state index >= 15 is 0 Å². The van der Waals surface area contributed by atoms with Crippen molar-refractivity contribution in [3.05, 3.63) is 54.1 Å². The Morgan fingerprint density at radius 2 is 1.83 bits per heavy atom. The van der Waals surface area contributed by atoms with Crippen LogP contribution in [0.3, 0.4) is 0 Å². The van der Waals surface area contributed by atoms with Crippen LogP contribution in [0.1, 0.15) is 12.5 Å². The predicted molar refractivity (Wildman–Crippen MR) is 108 cm³/mol. The van der Waals surface area contributed by atoms with Crippen LogP contribution in [0, 0.1) is 0 Å². The van der Waals surface area contributed by atoms with E-state index in [1.54, 1.807) is 25.1 Å².